The van der Waals surface area contributed by atoms with Crippen LogP contribution < -0.4 is 10.6 Å². The largest absolute Gasteiger partial charge is 0.369 e. The van der Waals surface area contributed by atoms with Gasteiger partial charge in [-0.3, -0.25) is 4.79 Å². The fourth-order valence-corrected chi connectivity index (χ4v) is 3.93. The van der Waals surface area contributed by atoms with Gasteiger partial charge in [-0.2, -0.15) is 0 Å². The SMILES string of the molecule is O=C1Nc2cccc(Br)c2C1Nc1ccc(Br)cc1Br. The second-order valence-corrected chi connectivity index (χ2v) is 7.02. The highest BCUT2D eigenvalue weighted by Gasteiger charge is 2.32. The number of anilines is 2. The number of carbonyl (C=O) groups excluding carboxylic acids is 1. The minimum Gasteiger partial charge on any atom is -0.369 e. The highest BCUT2D eigenvalue weighted by atomic mass is 79.9. The van der Waals surface area contributed by atoms with Crippen molar-refractivity contribution >= 4 is 65.1 Å². The van der Waals surface area contributed by atoms with Crippen LogP contribution in [0.2, 0.25) is 0 Å². The van der Waals surface area contributed by atoms with Crippen LogP contribution in [0.3, 0.4) is 0 Å². The predicted octanol–water partition coefficient (Wildman–Crippen LogP) is 5.08. The van der Waals surface area contributed by atoms with Crippen LogP contribution in [0.1, 0.15) is 11.6 Å². The molecular weight excluding hydrogens is 452 g/mol. The first-order chi connectivity index (χ1) is 9.56. The first kappa shape index (κ1) is 14.1. The average molecular weight is 461 g/mol. The van der Waals surface area contributed by atoms with Gasteiger partial charge in [0.05, 0.1) is 0 Å². The normalized spacial score (nSPS) is 16.8. The molecule has 1 aliphatic heterocycles. The molecular formula is C14H9Br3N2O. The molecule has 0 spiro atoms. The summed E-state index contributed by atoms with van der Waals surface area (Å²) in [4.78, 5) is 12.1. The molecule has 1 aliphatic rings. The Balaban J connectivity index is 1.98. The van der Waals surface area contributed by atoms with E-state index in [0.29, 0.717) is 0 Å². The molecule has 1 atom stereocenters. The van der Waals surface area contributed by atoms with E-state index in [1.807, 2.05) is 36.4 Å². The zero-order chi connectivity index (χ0) is 14.3. The summed E-state index contributed by atoms with van der Waals surface area (Å²) >= 11 is 10.4. The van der Waals surface area contributed by atoms with Gasteiger partial charge >= 0.3 is 0 Å². The molecule has 1 heterocycles. The van der Waals surface area contributed by atoms with E-state index in [4.69, 9.17) is 0 Å². The van der Waals surface area contributed by atoms with E-state index in [1.165, 1.54) is 0 Å². The summed E-state index contributed by atoms with van der Waals surface area (Å²) in [5.74, 6) is -0.0540. The van der Waals surface area contributed by atoms with Gasteiger partial charge < -0.3 is 10.6 Å². The van der Waals surface area contributed by atoms with Crippen molar-refractivity contribution in [1.29, 1.82) is 0 Å². The molecule has 0 radical (unpaired) electrons. The molecule has 102 valence electrons. The van der Waals surface area contributed by atoms with Crippen molar-refractivity contribution in [3.8, 4) is 0 Å². The summed E-state index contributed by atoms with van der Waals surface area (Å²) in [6.07, 6.45) is 0. The summed E-state index contributed by atoms with van der Waals surface area (Å²) in [5.41, 5.74) is 2.65. The molecule has 0 saturated heterocycles. The van der Waals surface area contributed by atoms with Crippen LogP contribution in [0.25, 0.3) is 0 Å². The van der Waals surface area contributed by atoms with Gasteiger partial charge in [0.15, 0.2) is 0 Å². The summed E-state index contributed by atoms with van der Waals surface area (Å²) in [6, 6.07) is 11.1. The summed E-state index contributed by atoms with van der Waals surface area (Å²) in [5, 5.41) is 6.16. The van der Waals surface area contributed by atoms with Gasteiger partial charge in [0.25, 0.3) is 5.91 Å². The Labute approximate surface area is 141 Å². The number of benzene rings is 2. The van der Waals surface area contributed by atoms with Crippen molar-refractivity contribution in [3.63, 3.8) is 0 Å². The molecule has 0 bridgehead atoms. The molecule has 20 heavy (non-hydrogen) atoms. The molecule has 0 aromatic heterocycles. The van der Waals surface area contributed by atoms with Gasteiger partial charge in [-0.25, -0.2) is 0 Å². The first-order valence-electron chi connectivity index (χ1n) is 5.87. The van der Waals surface area contributed by atoms with Gasteiger partial charge in [0.2, 0.25) is 0 Å². The lowest BCUT2D eigenvalue weighted by molar-refractivity contribution is -0.116. The third-order valence-corrected chi connectivity index (χ3v) is 4.93. The number of halogens is 3. The minimum atomic E-state index is -0.405. The third-order valence-electron chi connectivity index (χ3n) is 3.09. The molecule has 3 rings (SSSR count). The van der Waals surface area contributed by atoms with E-state index >= 15 is 0 Å². The Morgan fingerprint density at radius 3 is 2.60 bits per heavy atom. The molecule has 0 saturated carbocycles. The number of fused-ring (bicyclic) bond motifs is 1. The van der Waals surface area contributed by atoms with Crippen molar-refractivity contribution < 1.29 is 4.79 Å². The van der Waals surface area contributed by atoms with Gasteiger partial charge in [-0.15, -0.1) is 0 Å². The van der Waals surface area contributed by atoms with Crippen molar-refractivity contribution in [1.82, 2.24) is 0 Å². The van der Waals surface area contributed by atoms with Crippen LogP contribution in [-0.2, 0) is 4.79 Å². The summed E-state index contributed by atoms with van der Waals surface area (Å²) in [6.45, 7) is 0. The first-order valence-corrected chi connectivity index (χ1v) is 8.25. The molecule has 0 fully saturated rings. The van der Waals surface area contributed by atoms with Crippen LogP contribution >= 0.6 is 47.8 Å². The summed E-state index contributed by atoms with van der Waals surface area (Å²) < 4.78 is 2.80. The number of amides is 1. The smallest absolute Gasteiger partial charge is 0.251 e. The number of rotatable bonds is 2. The van der Waals surface area contributed by atoms with Gasteiger partial charge in [-0.05, 0) is 46.3 Å². The Kier molecular flexibility index (Phi) is 3.88. The lowest BCUT2D eigenvalue weighted by atomic mass is 10.1. The van der Waals surface area contributed by atoms with Gasteiger partial charge in [0.1, 0.15) is 6.04 Å². The standard InChI is InChI=1S/C14H9Br3N2O/c15-7-4-5-10(9(17)6-7)18-13-12-8(16)2-1-3-11(12)19-14(13)20/h1-6,13,18H,(H,19,20). The quantitative estimate of drug-likeness (QED) is 0.656. The maximum absolute atomic E-state index is 12.1. The average Bonchev–Trinajstić information content (AvgIpc) is 2.70. The number of nitrogens with one attached hydrogen (secondary N) is 2. The van der Waals surface area contributed by atoms with Crippen molar-refractivity contribution in [3.05, 3.63) is 55.4 Å². The maximum Gasteiger partial charge on any atom is 0.251 e. The fourth-order valence-electron chi connectivity index (χ4n) is 2.18. The number of hydrogen-bond acceptors (Lipinski definition) is 2. The zero-order valence-electron chi connectivity index (χ0n) is 10.1. The van der Waals surface area contributed by atoms with Crippen LogP contribution in [0.4, 0.5) is 11.4 Å². The van der Waals surface area contributed by atoms with Crippen molar-refractivity contribution in [2.45, 2.75) is 6.04 Å². The third kappa shape index (κ3) is 2.52. The van der Waals surface area contributed by atoms with Crippen LogP contribution in [-0.4, -0.2) is 5.91 Å². The van der Waals surface area contributed by atoms with Crippen molar-refractivity contribution in [2.24, 2.45) is 0 Å². The molecule has 6 heteroatoms. The minimum absolute atomic E-state index is 0.0540. The molecule has 1 amide bonds. The Bertz CT molecular complexity index is 703. The van der Waals surface area contributed by atoms with Crippen LogP contribution in [0.15, 0.2) is 49.8 Å². The Morgan fingerprint density at radius 2 is 1.85 bits per heavy atom. The lowest BCUT2D eigenvalue weighted by Crippen LogP contribution is -2.20. The zero-order valence-corrected chi connectivity index (χ0v) is 14.8. The lowest BCUT2D eigenvalue weighted by Gasteiger charge is -2.15. The van der Waals surface area contributed by atoms with E-state index in [0.717, 1.165) is 30.4 Å². The monoisotopic (exact) mass is 458 g/mol. The molecule has 0 aliphatic carbocycles. The Morgan fingerprint density at radius 1 is 1.05 bits per heavy atom. The fraction of sp³-hybridized carbons (Fsp3) is 0.0714. The second kappa shape index (κ2) is 5.50. The van der Waals surface area contributed by atoms with E-state index in [-0.39, 0.29) is 5.91 Å². The molecule has 2 aromatic carbocycles. The second-order valence-electron chi connectivity index (χ2n) is 4.39. The predicted molar refractivity (Wildman–Crippen MR) is 91.0 cm³/mol. The van der Waals surface area contributed by atoms with Crippen LogP contribution in [0.5, 0.6) is 0 Å². The van der Waals surface area contributed by atoms with E-state index in [1.54, 1.807) is 0 Å². The maximum atomic E-state index is 12.1. The molecule has 2 aromatic rings. The topological polar surface area (TPSA) is 41.1 Å². The number of hydrogen-bond donors (Lipinski definition) is 2. The van der Waals surface area contributed by atoms with E-state index in [2.05, 4.69) is 58.4 Å². The molecule has 2 N–H and O–H groups in total. The van der Waals surface area contributed by atoms with E-state index in [9.17, 15) is 4.79 Å². The number of carbonyl (C=O) groups is 1. The highest BCUT2D eigenvalue weighted by Crippen LogP contribution is 2.39. The van der Waals surface area contributed by atoms with Crippen LogP contribution in [0, 0.1) is 0 Å². The Hall–Kier alpha value is -0.850. The van der Waals surface area contributed by atoms with E-state index < -0.39 is 6.04 Å². The molecule has 1 unspecified atom stereocenters. The summed E-state index contributed by atoms with van der Waals surface area (Å²) in [7, 11) is 0. The highest BCUT2D eigenvalue weighted by molar-refractivity contribution is 9.11. The van der Waals surface area contributed by atoms with Gasteiger partial charge in [0, 0.05) is 30.4 Å². The molecule has 3 nitrogen and oxygen atoms in total. The van der Waals surface area contributed by atoms with Crippen molar-refractivity contribution in [2.75, 3.05) is 10.6 Å². The van der Waals surface area contributed by atoms with Gasteiger partial charge in [-0.1, -0.05) is 37.9 Å².